The zero-order chi connectivity index (χ0) is 26.7. The van der Waals surface area contributed by atoms with Crippen molar-refractivity contribution in [2.24, 2.45) is 5.11 Å². The lowest BCUT2D eigenvalue weighted by atomic mass is 10.0. The highest BCUT2D eigenvalue weighted by Crippen LogP contribution is 2.20. The van der Waals surface area contributed by atoms with E-state index < -0.39 is 17.7 Å². The van der Waals surface area contributed by atoms with Crippen LogP contribution in [0.25, 0.3) is 10.4 Å². The first-order valence-corrected chi connectivity index (χ1v) is 12.9. The normalized spacial score (nSPS) is 18.5. The van der Waals surface area contributed by atoms with Gasteiger partial charge in [-0.2, -0.15) is 0 Å². The van der Waals surface area contributed by atoms with Gasteiger partial charge in [0.25, 0.3) is 0 Å². The molecule has 0 aromatic heterocycles. The minimum Gasteiger partial charge on any atom is -0.444 e. The van der Waals surface area contributed by atoms with Crippen molar-refractivity contribution in [3.8, 4) is 0 Å². The van der Waals surface area contributed by atoms with Gasteiger partial charge < -0.3 is 15.4 Å². The van der Waals surface area contributed by atoms with Crippen LogP contribution in [0.15, 0.2) is 65.8 Å². The Bertz CT molecular complexity index is 1050. The number of carbonyl (C=O) groups excluding carboxylic acids is 2. The van der Waals surface area contributed by atoms with E-state index >= 15 is 0 Å². The number of nitrogens with one attached hydrogen (secondary N) is 2. The number of hydrogen-bond acceptors (Lipinski definition) is 5. The van der Waals surface area contributed by atoms with Gasteiger partial charge in [0, 0.05) is 36.5 Å². The van der Waals surface area contributed by atoms with Gasteiger partial charge in [0.1, 0.15) is 11.6 Å². The van der Waals surface area contributed by atoms with Gasteiger partial charge in [-0.3, -0.25) is 9.69 Å². The number of alkyl carbamates (subject to hydrolysis) is 1. The fourth-order valence-corrected chi connectivity index (χ4v) is 4.62. The van der Waals surface area contributed by atoms with Crippen molar-refractivity contribution in [2.75, 3.05) is 19.6 Å². The Hall–Kier alpha value is -3.55. The highest BCUT2D eigenvalue weighted by atomic mass is 16.6. The molecule has 0 unspecified atom stereocenters. The summed E-state index contributed by atoms with van der Waals surface area (Å²) in [7, 11) is 0. The summed E-state index contributed by atoms with van der Waals surface area (Å²) >= 11 is 0. The number of benzene rings is 2. The highest BCUT2D eigenvalue weighted by Gasteiger charge is 2.34. The van der Waals surface area contributed by atoms with Gasteiger partial charge >= 0.3 is 6.09 Å². The molecule has 3 atom stereocenters. The molecule has 2 aromatic rings. The van der Waals surface area contributed by atoms with Crippen LogP contribution in [0.1, 0.15) is 44.7 Å². The number of likely N-dealkylation sites (tertiary alicyclic amines) is 1. The molecule has 37 heavy (non-hydrogen) atoms. The monoisotopic (exact) mass is 506 g/mol. The summed E-state index contributed by atoms with van der Waals surface area (Å²) in [5.74, 6) is -0.256. The third-order valence-electron chi connectivity index (χ3n) is 6.27. The SMILES string of the molecule is CC(C)(C)OC(=O)N[C@@H](Cc1ccccc1)C(=O)N[C@H]1C[C@@H](CN=[N+]=[N-])N(CCCc2ccccc2)C1. The number of hydrogen-bond donors (Lipinski definition) is 2. The molecule has 1 aliphatic heterocycles. The fraction of sp³-hybridized carbons (Fsp3) is 0.500. The van der Waals surface area contributed by atoms with Crippen molar-refractivity contribution in [1.82, 2.24) is 15.5 Å². The Labute approximate surface area is 219 Å². The van der Waals surface area contributed by atoms with Gasteiger partial charge in [-0.25, -0.2) is 4.79 Å². The van der Waals surface area contributed by atoms with E-state index in [1.807, 2.05) is 48.5 Å². The molecule has 0 bridgehead atoms. The van der Waals surface area contributed by atoms with Crippen molar-refractivity contribution in [2.45, 2.75) is 70.2 Å². The van der Waals surface area contributed by atoms with E-state index in [0.29, 0.717) is 25.9 Å². The average molecular weight is 507 g/mol. The van der Waals surface area contributed by atoms with Crippen molar-refractivity contribution >= 4 is 12.0 Å². The summed E-state index contributed by atoms with van der Waals surface area (Å²) < 4.78 is 5.40. The maximum atomic E-state index is 13.3. The van der Waals surface area contributed by atoms with E-state index in [1.54, 1.807) is 20.8 Å². The number of rotatable bonds is 11. The molecule has 0 aliphatic carbocycles. The topological polar surface area (TPSA) is 119 Å². The van der Waals surface area contributed by atoms with Crippen LogP contribution in [0.2, 0.25) is 0 Å². The Morgan fingerprint density at radius 1 is 1.11 bits per heavy atom. The molecule has 1 heterocycles. The smallest absolute Gasteiger partial charge is 0.408 e. The summed E-state index contributed by atoms with van der Waals surface area (Å²) in [6.07, 6.45) is 2.33. The van der Waals surface area contributed by atoms with Crippen LogP contribution in [0.5, 0.6) is 0 Å². The summed E-state index contributed by atoms with van der Waals surface area (Å²) in [4.78, 5) is 31.1. The predicted octanol–water partition coefficient (Wildman–Crippen LogP) is 4.62. The Morgan fingerprint density at radius 2 is 1.76 bits per heavy atom. The molecule has 1 aliphatic rings. The van der Waals surface area contributed by atoms with Gasteiger partial charge in [0.05, 0.1) is 0 Å². The summed E-state index contributed by atoms with van der Waals surface area (Å²) in [5, 5.41) is 9.68. The predicted molar refractivity (Wildman–Crippen MR) is 144 cm³/mol. The molecule has 2 N–H and O–H groups in total. The molecule has 1 fully saturated rings. The zero-order valence-electron chi connectivity index (χ0n) is 22.0. The Kier molecular flexibility index (Phi) is 10.4. The van der Waals surface area contributed by atoms with Crippen LogP contribution >= 0.6 is 0 Å². The minimum absolute atomic E-state index is 0.0587. The number of ether oxygens (including phenoxy) is 1. The van der Waals surface area contributed by atoms with Crippen molar-refractivity contribution in [3.05, 3.63) is 82.2 Å². The molecular formula is C28H38N6O3. The fourth-order valence-electron chi connectivity index (χ4n) is 4.62. The lowest BCUT2D eigenvalue weighted by Gasteiger charge is -2.24. The van der Waals surface area contributed by atoms with E-state index in [1.165, 1.54) is 5.56 Å². The van der Waals surface area contributed by atoms with Gasteiger partial charge in [-0.1, -0.05) is 65.8 Å². The second-order valence-electron chi connectivity index (χ2n) is 10.5. The summed E-state index contributed by atoms with van der Waals surface area (Å²) in [5.41, 5.74) is 10.4. The van der Waals surface area contributed by atoms with Crippen LogP contribution < -0.4 is 10.6 Å². The molecule has 9 nitrogen and oxygen atoms in total. The van der Waals surface area contributed by atoms with Crippen molar-refractivity contribution < 1.29 is 14.3 Å². The molecule has 9 heteroatoms. The van der Waals surface area contributed by atoms with Crippen LogP contribution in [-0.2, 0) is 22.4 Å². The Balaban J connectivity index is 1.63. The summed E-state index contributed by atoms with van der Waals surface area (Å²) in [6.45, 7) is 7.22. The van der Waals surface area contributed by atoms with E-state index in [0.717, 1.165) is 24.9 Å². The zero-order valence-corrected chi connectivity index (χ0v) is 22.0. The second kappa shape index (κ2) is 13.7. The molecule has 0 saturated carbocycles. The largest absolute Gasteiger partial charge is 0.444 e. The first kappa shape index (κ1) is 28.0. The average Bonchev–Trinajstić information content (AvgIpc) is 3.23. The first-order chi connectivity index (χ1) is 17.7. The molecule has 0 radical (unpaired) electrons. The van der Waals surface area contributed by atoms with Gasteiger partial charge in [0.2, 0.25) is 5.91 Å². The number of aryl methyl sites for hydroxylation is 1. The maximum absolute atomic E-state index is 13.3. The maximum Gasteiger partial charge on any atom is 0.408 e. The number of amides is 2. The van der Waals surface area contributed by atoms with Gasteiger partial charge in [0.15, 0.2) is 0 Å². The molecule has 2 aromatic carbocycles. The lowest BCUT2D eigenvalue weighted by Crippen LogP contribution is -2.52. The van der Waals surface area contributed by atoms with Crippen LogP contribution in [0.4, 0.5) is 4.79 Å². The quantitative estimate of drug-likeness (QED) is 0.262. The van der Waals surface area contributed by atoms with Crippen LogP contribution in [0, 0.1) is 0 Å². The van der Waals surface area contributed by atoms with Crippen molar-refractivity contribution in [3.63, 3.8) is 0 Å². The second-order valence-corrected chi connectivity index (χ2v) is 10.5. The van der Waals surface area contributed by atoms with Crippen LogP contribution in [-0.4, -0.2) is 60.3 Å². The highest BCUT2D eigenvalue weighted by molar-refractivity contribution is 5.86. The molecule has 198 valence electrons. The molecule has 1 saturated heterocycles. The third kappa shape index (κ3) is 9.79. The van der Waals surface area contributed by atoms with E-state index in [4.69, 9.17) is 10.3 Å². The molecule has 3 rings (SSSR count). The van der Waals surface area contributed by atoms with Crippen molar-refractivity contribution in [1.29, 1.82) is 0 Å². The first-order valence-electron chi connectivity index (χ1n) is 12.9. The van der Waals surface area contributed by atoms with E-state index in [-0.39, 0.29) is 18.0 Å². The van der Waals surface area contributed by atoms with Gasteiger partial charge in [-0.05, 0) is 63.2 Å². The van der Waals surface area contributed by atoms with E-state index in [9.17, 15) is 9.59 Å². The molecular weight excluding hydrogens is 468 g/mol. The third-order valence-corrected chi connectivity index (χ3v) is 6.27. The number of azide groups is 1. The van der Waals surface area contributed by atoms with E-state index in [2.05, 4.69) is 37.7 Å². The summed E-state index contributed by atoms with van der Waals surface area (Å²) in [6, 6.07) is 19.1. The Morgan fingerprint density at radius 3 is 2.38 bits per heavy atom. The number of nitrogens with zero attached hydrogens (tertiary/aromatic N) is 4. The minimum atomic E-state index is -0.778. The molecule has 0 spiro atoms. The van der Waals surface area contributed by atoms with Crippen LogP contribution in [0.3, 0.4) is 0 Å². The standard InChI is InChI=1S/C28H38N6O3/c1-28(2,3)37-27(36)32-25(17-22-13-8-5-9-14-22)26(35)31-23-18-24(19-30-33-29)34(20-23)16-10-15-21-11-6-4-7-12-21/h4-9,11-14,23-25H,10,15-20H2,1-3H3,(H,31,35)(H,32,36)/t23-,24-,25-/m0/s1. The van der Waals surface area contributed by atoms with Gasteiger partial charge in [-0.15, -0.1) is 0 Å². The number of carbonyl (C=O) groups is 2. The molecule has 2 amide bonds. The lowest BCUT2D eigenvalue weighted by molar-refractivity contribution is -0.123.